The van der Waals surface area contributed by atoms with E-state index in [0.29, 0.717) is 12.0 Å². The van der Waals surface area contributed by atoms with Crippen LogP contribution in [0.15, 0.2) is 34.9 Å². The standard InChI is InChI=1S/C16H22BrN3/c1-11(2)16-13(10-20(4)19-16)9-18-12(3)14-7-5-6-8-15(14)17/h5-8,10-12,18H,9H2,1-4H3/t12-/m0/s1. The SMILES string of the molecule is CC(C)c1nn(C)cc1CN[C@@H](C)c1ccccc1Br. The predicted molar refractivity (Wildman–Crippen MR) is 86.7 cm³/mol. The van der Waals surface area contributed by atoms with Crippen molar-refractivity contribution < 1.29 is 0 Å². The Hall–Kier alpha value is -1.13. The molecule has 0 saturated carbocycles. The fourth-order valence-electron chi connectivity index (χ4n) is 2.38. The van der Waals surface area contributed by atoms with E-state index < -0.39 is 0 Å². The number of nitrogens with zero attached hydrogens (tertiary/aromatic N) is 2. The van der Waals surface area contributed by atoms with Crippen LogP contribution in [-0.2, 0) is 13.6 Å². The third kappa shape index (κ3) is 3.49. The lowest BCUT2D eigenvalue weighted by Crippen LogP contribution is -2.19. The first-order chi connectivity index (χ1) is 9.49. The molecule has 1 aromatic carbocycles. The molecule has 0 saturated heterocycles. The molecule has 1 aromatic heterocycles. The topological polar surface area (TPSA) is 29.9 Å². The molecular formula is C16H22BrN3. The maximum atomic E-state index is 4.55. The summed E-state index contributed by atoms with van der Waals surface area (Å²) in [7, 11) is 1.98. The molecule has 1 N–H and O–H groups in total. The minimum absolute atomic E-state index is 0.297. The Balaban J connectivity index is 2.07. The van der Waals surface area contributed by atoms with Crippen molar-refractivity contribution in [2.45, 2.75) is 39.3 Å². The molecular weight excluding hydrogens is 314 g/mol. The number of aryl methyl sites for hydroxylation is 1. The summed E-state index contributed by atoms with van der Waals surface area (Å²) in [6, 6.07) is 8.64. The van der Waals surface area contributed by atoms with Crippen molar-refractivity contribution in [1.82, 2.24) is 15.1 Å². The Bertz CT molecular complexity index is 575. The second kappa shape index (κ2) is 6.55. The predicted octanol–water partition coefficient (Wildman–Crippen LogP) is 4.16. The molecule has 0 spiro atoms. The molecule has 1 atom stereocenters. The zero-order valence-corrected chi connectivity index (χ0v) is 14.1. The Morgan fingerprint density at radius 2 is 1.95 bits per heavy atom. The van der Waals surface area contributed by atoms with Crippen molar-refractivity contribution in [3.8, 4) is 0 Å². The van der Waals surface area contributed by atoms with Crippen LogP contribution in [0.1, 0.15) is 49.6 Å². The molecule has 0 unspecified atom stereocenters. The number of rotatable bonds is 5. The lowest BCUT2D eigenvalue weighted by molar-refractivity contribution is 0.568. The molecule has 2 aromatic rings. The largest absolute Gasteiger partial charge is 0.306 e. The van der Waals surface area contributed by atoms with Crippen LogP contribution in [0.25, 0.3) is 0 Å². The highest BCUT2D eigenvalue weighted by atomic mass is 79.9. The van der Waals surface area contributed by atoms with Gasteiger partial charge in [0, 0.05) is 35.9 Å². The lowest BCUT2D eigenvalue weighted by Gasteiger charge is -2.16. The summed E-state index contributed by atoms with van der Waals surface area (Å²) in [6.45, 7) is 7.39. The van der Waals surface area contributed by atoms with Crippen molar-refractivity contribution in [1.29, 1.82) is 0 Å². The highest BCUT2D eigenvalue weighted by Gasteiger charge is 2.13. The quantitative estimate of drug-likeness (QED) is 0.889. The van der Waals surface area contributed by atoms with E-state index in [1.165, 1.54) is 16.8 Å². The average Bonchev–Trinajstić information content (AvgIpc) is 2.78. The Labute approximate surface area is 129 Å². The van der Waals surface area contributed by atoms with E-state index in [4.69, 9.17) is 0 Å². The molecule has 20 heavy (non-hydrogen) atoms. The maximum absolute atomic E-state index is 4.55. The van der Waals surface area contributed by atoms with Gasteiger partial charge < -0.3 is 5.32 Å². The Morgan fingerprint density at radius 3 is 2.60 bits per heavy atom. The minimum atomic E-state index is 0.297. The van der Waals surface area contributed by atoms with Crippen LogP contribution in [0.3, 0.4) is 0 Å². The lowest BCUT2D eigenvalue weighted by atomic mass is 10.1. The van der Waals surface area contributed by atoms with Crippen LogP contribution in [0.2, 0.25) is 0 Å². The zero-order chi connectivity index (χ0) is 14.7. The van der Waals surface area contributed by atoms with Crippen molar-refractivity contribution in [3.05, 3.63) is 51.8 Å². The summed E-state index contributed by atoms with van der Waals surface area (Å²) in [5.74, 6) is 0.451. The van der Waals surface area contributed by atoms with Crippen LogP contribution >= 0.6 is 15.9 Å². The summed E-state index contributed by atoms with van der Waals surface area (Å²) in [6.07, 6.45) is 2.11. The van der Waals surface area contributed by atoms with Gasteiger partial charge in [-0.15, -0.1) is 0 Å². The average molecular weight is 336 g/mol. The number of hydrogen-bond acceptors (Lipinski definition) is 2. The summed E-state index contributed by atoms with van der Waals surface area (Å²) < 4.78 is 3.05. The molecule has 0 aliphatic heterocycles. The Morgan fingerprint density at radius 1 is 1.25 bits per heavy atom. The van der Waals surface area contributed by atoms with Gasteiger partial charge in [-0.25, -0.2) is 0 Å². The first-order valence-corrected chi connectivity index (χ1v) is 7.78. The summed E-state index contributed by atoms with van der Waals surface area (Å²) in [5.41, 5.74) is 3.74. The van der Waals surface area contributed by atoms with Crippen LogP contribution in [0, 0.1) is 0 Å². The van der Waals surface area contributed by atoms with Crippen molar-refractivity contribution in [3.63, 3.8) is 0 Å². The second-order valence-corrected chi connectivity index (χ2v) is 6.35. The van der Waals surface area contributed by atoms with Crippen LogP contribution in [0.5, 0.6) is 0 Å². The van der Waals surface area contributed by atoms with Crippen molar-refractivity contribution in [2.24, 2.45) is 7.05 Å². The summed E-state index contributed by atoms with van der Waals surface area (Å²) in [4.78, 5) is 0. The van der Waals surface area contributed by atoms with Crippen molar-refractivity contribution >= 4 is 15.9 Å². The van der Waals surface area contributed by atoms with Crippen molar-refractivity contribution in [2.75, 3.05) is 0 Å². The molecule has 1 heterocycles. The number of halogens is 1. The Kier molecular flexibility index (Phi) is 5.00. The van der Waals surface area contributed by atoms with Gasteiger partial charge in [-0.05, 0) is 24.5 Å². The molecule has 2 rings (SSSR count). The van der Waals surface area contributed by atoms with Gasteiger partial charge in [0.1, 0.15) is 0 Å². The monoisotopic (exact) mass is 335 g/mol. The molecule has 4 heteroatoms. The van der Waals surface area contributed by atoms with Gasteiger partial charge in [0.15, 0.2) is 0 Å². The molecule has 0 fully saturated rings. The third-order valence-electron chi connectivity index (χ3n) is 3.45. The van der Waals surface area contributed by atoms with Gasteiger partial charge >= 0.3 is 0 Å². The van der Waals surface area contributed by atoms with E-state index in [9.17, 15) is 0 Å². The van der Waals surface area contributed by atoms with Gasteiger partial charge in [0.2, 0.25) is 0 Å². The normalized spacial score (nSPS) is 12.9. The number of hydrogen-bond donors (Lipinski definition) is 1. The minimum Gasteiger partial charge on any atom is -0.306 e. The number of nitrogens with one attached hydrogen (secondary N) is 1. The zero-order valence-electron chi connectivity index (χ0n) is 12.5. The molecule has 0 amide bonds. The first-order valence-electron chi connectivity index (χ1n) is 6.99. The van der Waals surface area contributed by atoms with Crippen LogP contribution in [0.4, 0.5) is 0 Å². The van der Waals surface area contributed by atoms with Gasteiger partial charge in [-0.1, -0.05) is 48.0 Å². The van der Waals surface area contributed by atoms with Gasteiger partial charge in [-0.2, -0.15) is 5.10 Å². The highest BCUT2D eigenvalue weighted by molar-refractivity contribution is 9.10. The fourth-order valence-corrected chi connectivity index (χ4v) is 3.00. The third-order valence-corrected chi connectivity index (χ3v) is 4.18. The van der Waals surface area contributed by atoms with Gasteiger partial charge in [0.05, 0.1) is 5.69 Å². The molecule has 0 aliphatic carbocycles. The van der Waals surface area contributed by atoms with Gasteiger partial charge in [-0.3, -0.25) is 4.68 Å². The van der Waals surface area contributed by atoms with E-state index in [2.05, 4.69) is 71.5 Å². The molecule has 3 nitrogen and oxygen atoms in total. The van der Waals surface area contributed by atoms with E-state index in [0.717, 1.165) is 11.0 Å². The molecule has 0 radical (unpaired) electrons. The van der Waals surface area contributed by atoms with Gasteiger partial charge in [0.25, 0.3) is 0 Å². The van der Waals surface area contributed by atoms with Crippen LogP contribution < -0.4 is 5.32 Å². The maximum Gasteiger partial charge on any atom is 0.0694 e. The fraction of sp³-hybridized carbons (Fsp3) is 0.438. The van der Waals surface area contributed by atoms with E-state index in [-0.39, 0.29) is 0 Å². The molecule has 108 valence electrons. The summed E-state index contributed by atoms with van der Waals surface area (Å²) >= 11 is 3.61. The number of aromatic nitrogens is 2. The smallest absolute Gasteiger partial charge is 0.0694 e. The molecule has 0 bridgehead atoms. The molecule has 0 aliphatic rings. The highest BCUT2D eigenvalue weighted by Crippen LogP contribution is 2.24. The van der Waals surface area contributed by atoms with E-state index in [1.807, 2.05) is 17.8 Å². The number of benzene rings is 1. The second-order valence-electron chi connectivity index (χ2n) is 5.49. The van der Waals surface area contributed by atoms with E-state index >= 15 is 0 Å². The van der Waals surface area contributed by atoms with Crippen LogP contribution in [-0.4, -0.2) is 9.78 Å². The van der Waals surface area contributed by atoms with E-state index in [1.54, 1.807) is 0 Å². The first kappa shape index (κ1) is 15.3. The summed E-state index contributed by atoms with van der Waals surface area (Å²) in [5, 5.41) is 8.13.